The standard InChI is InChI=1S/C24H27ClN2O9/c1-23(34)8-6-9-17(27(3)4)19(30)14(22(33)26-2)21(32)24(9,35)20(31)12(8)18(29)13-10(28)7-11(36-5)16(25)15(13)23/h7-9,17,28-29,32,34-35H,6H2,1-5H3,(H,26,33)/t8-,9-,17-,23-,24-/m0/s1. The van der Waals surface area contributed by atoms with Crippen molar-refractivity contribution >= 4 is 34.8 Å². The van der Waals surface area contributed by atoms with E-state index in [1.807, 2.05) is 0 Å². The molecule has 0 saturated heterocycles. The lowest BCUT2D eigenvalue weighted by Gasteiger charge is -2.53. The number of ketones is 2. The highest BCUT2D eigenvalue weighted by molar-refractivity contribution is 6.33. The van der Waals surface area contributed by atoms with Crippen molar-refractivity contribution in [2.45, 2.75) is 30.6 Å². The van der Waals surface area contributed by atoms with E-state index in [4.69, 9.17) is 16.3 Å². The maximum absolute atomic E-state index is 13.9. The SMILES string of the molecule is CNC(=O)C1=C(O)[C@@]2(O)C(=O)C3=C(O)c4c(O)cc(OC)c(Cl)c4[C@@](C)(O)[C@H]3C[C@H]2[C@H](N(C)C)C1=O. The van der Waals surface area contributed by atoms with Gasteiger partial charge in [-0.1, -0.05) is 11.6 Å². The summed E-state index contributed by atoms with van der Waals surface area (Å²) in [5.74, 6) is -7.98. The van der Waals surface area contributed by atoms with E-state index in [-0.39, 0.29) is 28.3 Å². The number of aliphatic hydroxyl groups is 4. The summed E-state index contributed by atoms with van der Waals surface area (Å²) in [6.45, 7) is 1.33. The van der Waals surface area contributed by atoms with Gasteiger partial charge in [0.25, 0.3) is 5.91 Å². The number of carbonyl (C=O) groups is 3. The molecule has 3 aliphatic rings. The van der Waals surface area contributed by atoms with Gasteiger partial charge >= 0.3 is 0 Å². The van der Waals surface area contributed by atoms with Gasteiger partial charge in [0.2, 0.25) is 5.78 Å². The maximum Gasteiger partial charge on any atom is 0.258 e. The number of aliphatic hydroxyl groups excluding tert-OH is 2. The lowest BCUT2D eigenvalue weighted by atomic mass is 9.54. The number of halogens is 1. The third kappa shape index (κ3) is 3.06. The van der Waals surface area contributed by atoms with Crippen LogP contribution in [0.25, 0.3) is 5.76 Å². The van der Waals surface area contributed by atoms with Gasteiger partial charge in [0.1, 0.15) is 28.6 Å². The molecule has 0 unspecified atom stereocenters. The van der Waals surface area contributed by atoms with Crippen LogP contribution in [0.4, 0.5) is 0 Å². The third-order valence-electron chi connectivity index (χ3n) is 7.58. The van der Waals surface area contributed by atoms with Crippen molar-refractivity contribution in [2.75, 3.05) is 28.3 Å². The summed E-state index contributed by atoms with van der Waals surface area (Å²) in [6, 6.07) is -0.140. The van der Waals surface area contributed by atoms with Crippen LogP contribution in [0.5, 0.6) is 11.5 Å². The number of benzene rings is 1. The Morgan fingerprint density at radius 2 is 1.83 bits per heavy atom. The number of phenols is 1. The van der Waals surface area contributed by atoms with E-state index >= 15 is 0 Å². The van der Waals surface area contributed by atoms with Gasteiger partial charge in [-0.05, 0) is 27.4 Å². The van der Waals surface area contributed by atoms with Gasteiger partial charge in [-0.15, -0.1) is 0 Å². The molecule has 0 aliphatic heterocycles. The fraction of sp³-hybridized carbons (Fsp3) is 0.458. The fourth-order valence-electron chi connectivity index (χ4n) is 5.87. The van der Waals surface area contributed by atoms with Gasteiger partial charge in [-0.3, -0.25) is 19.3 Å². The number of phenolic OH excluding ortho intramolecular Hbond substituents is 1. The number of amides is 1. The summed E-state index contributed by atoms with van der Waals surface area (Å²) < 4.78 is 5.16. The molecule has 1 saturated carbocycles. The molecule has 36 heavy (non-hydrogen) atoms. The van der Waals surface area contributed by atoms with E-state index in [1.54, 1.807) is 0 Å². The molecule has 5 atom stereocenters. The van der Waals surface area contributed by atoms with Gasteiger partial charge in [0.15, 0.2) is 11.4 Å². The summed E-state index contributed by atoms with van der Waals surface area (Å²) in [7, 11) is 5.53. The molecule has 1 fully saturated rings. The smallest absolute Gasteiger partial charge is 0.258 e. The molecule has 6 N–H and O–H groups in total. The normalized spacial score (nSPS) is 31.8. The minimum absolute atomic E-state index is 0.0119. The first kappa shape index (κ1) is 26.0. The Kier molecular flexibility index (Phi) is 5.91. The molecule has 0 radical (unpaired) electrons. The first-order valence-corrected chi connectivity index (χ1v) is 11.4. The number of ether oxygens (including phenoxy) is 1. The Labute approximate surface area is 211 Å². The maximum atomic E-state index is 13.9. The van der Waals surface area contributed by atoms with E-state index in [0.29, 0.717) is 0 Å². The number of nitrogens with one attached hydrogen (secondary N) is 1. The number of carbonyl (C=O) groups excluding carboxylic acids is 3. The number of nitrogens with zero attached hydrogens (tertiary/aromatic N) is 1. The molecule has 0 bridgehead atoms. The number of fused-ring (bicyclic) bond motifs is 3. The first-order valence-electron chi connectivity index (χ1n) is 11.1. The van der Waals surface area contributed by atoms with E-state index in [0.717, 1.165) is 6.07 Å². The van der Waals surface area contributed by atoms with E-state index in [1.165, 1.54) is 40.1 Å². The van der Waals surface area contributed by atoms with Crippen molar-refractivity contribution in [1.29, 1.82) is 0 Å². The van der Waals surface area contributed by atoms with Crippen molar-refractivity contribution in [3.8, 4) is 11.5 Å². The van der Waals surface area contributed by atoms with Crippen LogP contribution in [-0.2, 0) is 20.0 Å². The average molecular weight is 523 g/mol. The van der Waals surface area contributed by atoms with Gasteiger partial charge < -0.3 is 35.6 Å². The molecular weight excluding hydrogens is 496 g/mol. The minimum Gasteiger partial charge on any atom is -0.508 e. The number of aromatic hydroxyl groups is 1. The molecule has 3 aliphatic carbocycles. The van der Waals surface area contributed by atoms with Crippen LogP contribution in [0, 0.1) is 11.8 Å². The number of hydrogen-bond donors (Lipinski definition) is 6. The van der Waals surface area contributed by atoms with Crippen molar-refractivity contribution in [3.63, 3.8) is 0 Å². The van der Waals surface area contributed by atoms with Crippen LogP contribution in [0.15, 0.2) is 23.0 Å². The molecule has 0 spiro atoms. The number of Topliss-reactive ketones (excluding diaryl/α,β-unsaturated/α-hetero) is 2. The Hall–Kier alpha value is -3.12. The Bertz CT molecular complexity index is 1280. The highest BCUT2D eigenvalue weighted by Gasteiger charge is 2.66. The zero-order valence-electron chi connectivity index (χ0n) is 20.2. The van der Waals surface area contributed by atoms with Crippen molar-refractivity contribution in [1.82, 2.24) is 10.2 Å². The zero-order valence-corrected chi connectivity index (χ0v) is 21.0. The van der Waals surface area contributed by atoms with Crippen molar-refractivity contribution in [2.24, 2.45) is 11.8 Å². The second-order valence-electron chi connectivity index (χ2n) is 9.64. The second kappa shape index (κ2) is 8.20. The molecule has 11 nitrogen and oxygen atoms in total. The topological polar surface area (TPSA) is 177 Å². The highest BCUT2D eigenvalue weighted by atomic mass is 35.5. The monoisotopic (exact) mass is 522 g/mol. The fourth-order valence-corrected chi connectivity index (χ4v) is 6.29. The Balaban J connectivity index is 2.07. The zero-order chi connectivity index (χ0) is 27.1. The minimum atomic E-state index is -2.77. The number of methoxy groups -OCH3 is 1. The van der Waals surface area contributed by atoms with Crippen LogP contribution >= 0.6 is 11.6 Å². The summed E-state index contributed by atoms with van der Waals surface area (Å²) in [4.78, 5) is 41.1. The quantitative estimate of drug-likeness (QED) is 0.307. The van der Waals surface area contributed by atoms with Crippen molar-refractivity contribution < 1.29 is 44.7 Å². The average Bonchev–Trinajstić information content (AvgIpc) is 2.80. The van der Waals surface area contributed by atoms with Gasteiger partial charge in [-0.2, -0.15) is 0 Å². The lowest BCUT2D eigenvalue weighted by Crippen LogP contribution is -2.67. The summed E-state index contributed by atoms with van der Waals surface area (Å²) in [6.07, 6.45) is -0.276. The summed E-state index contributed by atoms with van der Waals surface area (Å²) in [5, 5.41) is 58.4. The van der Waals surface area contributed by atoms with Gasteiger partial charge in [-0.25, -0.2) is 0 Å². The van der Waals surface area contributed by atoms with Crippen LogP contribution in [0.1, 0.15) is 24.5 Å². The molecule has 0 heterocycles. The summed E-state index contributed by atoms with van der Waals surface area (Å²) in [5.41, 5.74) is -6.45. The van der Waals surface area contributed by atoms with Crippen LogP contribution in [0.2, 0.25) is 5.02 Å². The number of hydrogen-bond acceptors (Lipinski definition) is 10. The van der Waals surface area contributed by atoms with E-state index in [2.05, 4.69) is 5.32 Å². The van der Waals surface area contributed by atoms with Crippen LogP contribution in [0.3, 0.4) is 0 Å². The predicted molar refractivity (Wildman–Crippen MR) is 127 cm³/mol. The Morgan fingerprint density at radius 1 is 1.22 bits per heavy atom. The van der Waals surface area contributed by atoms with Crippen LogP contribution < -0.4 is 10.1 Å². The molecule has 12 heteroatoms. The van der Waals surface area contributed by atoms with Gasteiger partial charge in [0, 0.05) is 36.1 Å². The molecule has 0 aromatic heterocycles. The molecular formula is C24H27ClN2O9. The molecule has 194 valence electrons. The summed E-state index contributed by atoms with van der Waals surface area (Å²) >= 11 is 6.46. The third-order valence-corrected chi connectivity index (χ3v) is 7.95. The van der Waals surface area contributed by atoms with Gasteiger partial charge in [0.05, 0.1) is 29.3 Å². The first-order chi connectivity index (χ1) is 16.7. The Morgan fingerprint density at radius 3 is 2.36 bits per heavy atom. The van der Waals surface area contributed by atoms with E-state index in [9.17, 15) is 39.9 Å². The molecule has 1 aromatic carbocycles. The van der Waals surface area contributed by atoms with E-state index < -0.39 is 75.0 Å². The molecule has 1 amide bonds. The molecule has 4 rings (SSSR count). The largest absolute Gasteiger partial charge is 0.508 e. The lowest BCUT2D eigenvalue weighted by molar-refractivity contribution is -0.159. The molecule has 1 aromatic rings. The number of likely N-dealkylation sites (N-methyl/N-ethyl adjacent to an activating group) is 2. The predicted octanol–water partition coefficient (Wildman–Crippen LogP) is 0.552. The van der Waals surface area contributed by atoms with Crippen molar-refractivity contribution in [3.05, 3.63) is 39.1 Å². The van der Waals surface area contributed by atoms with Crippen LogP contribution in [-0.4, -0.2) is 87.8 Å². The second-order valence-corrected chi connectivity index (χ2v) is 10.0. The number of rotatable bonds is 3. The highest BCUT2D eigenvalue weighted by Crippen LogP contribution is 2.59.